The smallest absolute Gasteiger partial charge is 0.323 e. The summed E-state index contributed by atoms with van der Waals surface area (Å²) in [5.74, 6) is 10.2. The van der Waals surface area contributed by atoms with E-state index in [2.05, 4.69) is 17.3 Å². The number of hydrogen-bond acceptors (Lipinski definition) is 3. The summed E-state index contributed by atoms with van der Waals surface area (Å²) in [6.45, 7) is 0. The summed E-state index contributed by atoms with van der Waals surface area (Å²) in [5, 5.41) is 8.28. The van der Waals surface area contributed by atoms with Crippen LogP contribution in [0.4, 0.5) is 18.9 Å². The van der Waals surface area contributed by atoms with Crippen molar-refractivity contribution in [2.24, 2.45) is 5.84 Å². The molecule has 17 heavy (non-hydrogen) atoms. The van der Waals surface area contributed by atoms with Gasteiger partial charge in [0.05, 0.1) is 23.7 Å². The molecule has 0 aliphatic heterocycles. The van der Waals surface area contributed by atoms with E-state index in [0.29, 0.717) is 5.56 Å². The Kier molecular flexibility index (Phi) is 3.97. The number of nitrogen functional groups attached to an aromatic ring is 1. The largest absolute Gasteiger partial charge is 0.416 e. The van der Waals surface area contributed by atoms with Crippen molar-refractivity contribution >= 4 is 5.69 Å². The molecule has 1 aromatic carbocycles. The summed E-state index contributed by atoms with van der Waals surface area (Å²) in [7, 11) is 0. The Morgan fingerprint density at radius 2 is 2.06 bits per heavy atom. The highest BCUT2D eigenvalue weighted by Crippen LogP contribution is 2.31. The van der Waals surface area contributed by atoms with Gasteiger partial charge in [0.25, 0.3) is 0 Å². The molecular weight excluding hydrogens is 231 g/mol. The fraction of sp³-hybridized carbons (Fsp3) is 0.182. The molecule has 0 aliphatic rings. The van der Waals surface area contributed by atoms with Crippen LogP contribution in [0.3, 0.4) is 0 Å². The van der Waals surface area contributed by atoms with Crippen LogP contribution in [0.1, 0.15) is 17.5 Å². The van der Waals surface area contributed by atoms with Gasteiger partial charge in [-0.3, -0.25) is 5.84 Å². The number of anilines is 1. The molecule has 88 valence electrons. The van der Waals surface area contributed by atoms with E-state index < -0.39 is 11.7 Å². The molecular formula is C11H8F3N3. The van der Waals surface area contributed by atoms with Crippen LogP contribution in [0, 0.1) is 23.2 Å². The first kappa shape index (κ1) is 12.9. The second kappa shape index (κ2) is 5.24. The van der Waals surface area contributed by atoms with Gasteiger partial charge in [0, 0.05) is 5.56 Å². The summed E-state index contributed by atoms with van der Waals surface area (Å²) in [5.41, 5.74) is 1.73. The zero-order valence-electron chi connectivity index (χ0n) is 8.60. The number of alkyl halides is 3. The molecule has 0 radical (unpaired) electrons. The molecule has 0 aromatic heterocycles. The predicted molar refractivity (Wildman–Crippen MR) is 56.4 cm³/mol. The Bertz CT molecular complexity index is 503. The number of rotatable bonds is 1. The molecule has 0 heterocycles. The molecule has 1 rings (SSSR count). The minimum Gasteiger partial charge on any atom is -0.323 e. The summed E-state index contributed by atoms with van der Waals surface area (Å²) in [6, 6.07) is 4.80. The van der Waals surface area contributed by atoms with Gasteiger partial charge in [0.2, 0.25) is 0 Å². The fourth-order valence-corrected chi connectivity index (χ4v) is 1.13. The van der Waals surface area contributed by atoms with Gasteiger partial charge in [0.1, 0.15) is 0 Å². The van der Waals surface area contributed by atoms with E-state index in [1.54, 1.807) is 6.07 Å². The molecule has 0 aliphatic carbocycles. The second-order valence-corrected chi connectivity index (χ2v) is 3.04. The average molecular weight is 239 g/mol. The van der Waals surface area contributed by atoms with Crippen molar-refractivity contribution in [3.05, 3.63) is 29.3 Å². The van der Waals surface area contributed by atoms with Crippen LogP contribution < -0.4 is 11.3 Å². The predicted octanol–water partition coefficient (Wildman–Crippen LogP) is 2.26. The van der Waals surface area contributed by atoms with Crippen LogP contribution >= 0.6 is 0 Å². The van der Waals surface area contributed by atoms with Crippen molar-refractivity contribution < 1.29 is 13.2 Å². The van der Waals surface area contributed by atoms with E-state index in [4.69, 9.17) is 11.1 Å². The Balaban J connectivity index is 3.12. The lowest BCUT2D eigenvalue weighted by Gasteiger charge is -2.10. The van der Waals surface area contributed by atoms with Crippen LogP contribution in [-0.2, 0) is 6.18 Å². The molecule has 0 saturated carbocycles. The third-order valence-corrected chi connectivity index (χ3v) is 1.89. The van der Waals surface area contributed by atoms with Crippen molar-refractivity contribution in [3.63, 3.8) is 0 Å². The lowest BCUT2D eigenvalue weighted by atomic mass is 10.1. The van der Waals surface area contributed by atoms with Gasteiger partial charge in [-0.05, 0) is 18.2 Å². The van der Waals surface area contributed by atoms with Gasteiger partial charge in [-0.1, -0.05) is 11.8 Å². The summed E-state index contributed by atoms with van der Waals surface area (Å²) in [6.07, 6.45) is -4.42. The first-order valence-corrected chi connectivity index (χ1v) is 4.52. The second-order valence-electron chi connectivity index (χ2n) is 3.04. The Morgan fingerprint density at radius 1 is 1.35 bits per heavy atom. The van der Waals surface area contributed by atoms with Gasteiger partial charge in [-0.2, -0.15) is 18.4 Å². The van der Waals surface area contributed by atoms with Gasteiger partial charge >= 0.3 is 6.18 Å². The SMILES string of the molecule is N#CCC#Cc1ccc(C(F)(F)F)cc1NN. The zero-order valence-corrected chi connectivity index (χ0v) is 8.60. The minimum atomic E-state index is -4.43. The topological polar surface area (TPSA) is 61.8 Å². The molecule has 0 unspecified atom stereocenters. The number of nitriles is 1. The lowest BCUT2D eigenvalue weighted by molar-refractivity contribution is -0.137. The van der Waals surface area contributed by atoms with Crippen LogP contribution in [0.5, 0.6) is 0 Å². The Morgan fingerprint density at radius 3 is 2.59 bits per heavy atom. The van der Waals surface area contributed by atoms with Gasteiger partial charge in [0.15, 0.2) is 0 Å². The summed E-state index contributed by atoms with van der Waals surface area (Å²) < 4.78 is 37.2. The molecule has 3 nitrogen and oxygen atoms in total. The highest BCUT2D eigenvalue weighted by atomic mass is 19.4. The van der Waals surface area contributed by atoms with E-state index in [9.17, 15) is 13.2 Å². The third kappa shape index (κ3) is 3.40. The number of nitrogens with zero attached hydrogens (tertiary/aromatic N) is 1. The van der Waals surface area contributed by atoms with Crippen molar-refractivity contribution in [2.45, 2.75) is 12.6 Å². The fourth-order valence-electron chi connectivity index (χ4n) is 1.13. The van der Waals surface area contributed by atoms with Crippen LogP contribution in [0.25, 0.3) is 0 Å². The molecule has 1 aromatic rings. The minimum absolute atomic E-state index is 0.00499. The number of hydrazine groups is 1. The number of hydrogen-bond donors (Lipinski definition) is 2. The van der Waals surface area contributed by atoms with E-state index >= 15 is 0 Å². The van der Waals surface area contributed by atoms with Crippen LogP contribution in [-0.4, -0.2) is 0 Å². The van der Waals surface area contributed by atoms with Crippen molar-refractivity contribution in [2.75, 3.05) is 5.43 Å². The van der Waals surface area contributed by atoms with Crippen molar-refractivity contribution in [1.82, 2.24) is 0 Å². The monoisotopic (exact) mass is 239 g/mol. The normalized spacial score (nSPS) is 10.1. The molecule has 0 bridgehead atoms. The molecule has 6 heteroatoms. The van der Waals surface area contributed by atoms with Crippen LogP contribution in [0.15, 0.2) is 18.2 Å². The highest BCUT2D eigenvalue weighted by molar-refractivity contribution is 5.60. The molecule has 0 amide bonds. The van der Waals surface area contributed by atoms with E-state index in [-0.39, 0.29) is 12.1 Å². The summed E-state index contributed by atoms with van der Waals surface area (Å²) >= 11 is 0. The molecule has 0 fully saturated rings. The standard InChI is InChI=1S/C11H8F3N3/c12-11(13,14)9-5-4-8(3-1-2-6-15)10(7-9)17-16/h4-5,7,17H,2,16H2. The molecule has 0 atom stereocenters. The first-order valence-electron chi connectivity index (χ1n) is 4.52. The highest BCUT2D eigenvalue weighted by Gasteiger charge is 2.30. The van der Waals surface area contributed by atoms with Crippen molar-refractivity contribution in [3.8, 4) is 17.9 Å². The summed E-state index contributed by atoms with van der Waals surface area (Å²) in [4.78, 5) is 0. The van der Waals surface area contributed by atoms with Gasteiger partial charge < -0.3 is 5.43 Å². The number of halogens is 3. The van der Waals surface area contributed by atoms with Gasteiger partial charge in [-0.25, -0.2) is 0 Å². The maximum Gasteiger partial charge on any atom is 0.416 e. The molecule has 3 N–H and O–H groups in total. The van der Waals surface area contributed by atoms with E-state index in [1.807, 2.05) is 0 Å². The zero-order chi connectivity index (χ0) is 12.9. The van der Waals surface area contributed by atoms with Crippen molar-refractivity contribution in [1.29, 1.82) is 5.26 Å². The molecule has 0 spiro atoms. The first-order chi connectivity index (χ1) is 7.99. The number of benzene rings is 1. The average Bonchev–Trinajstić information content (AvgIpc) is 2.28. The quantitative estimate of drug-likeness (QED) is 0.449. The van der Waals surface area contributed by atoms with Gasteiger partial charge in [-0.15, -0.1) is 0 Å². The lowest BCUT2D eigenvalue weighted by Crippen LogP contribution is -2.11. The number of nitrogens with one attached hydrogen (secondary N) is 1. The van der Waals surface area contributed by atoms with E-state index in [0.717, 1.165) is 12.1 Å². The maximum absolute atomic E-state index is 12.4. The van der Waals surface area contributed by atoms with E-state index in [1.165, 1.54) is 6.07 Å². The van der Waals surface area contributed by atoms with Crippen LogP contribution in [0.2, 0.25) is 0 Å². The maximum atomic E-state index is 12.4. The Labute approximate surface area is 96.0 Å². The molecule has 0 saturated heterocycles. The Hall–Kier alpha value is -2.18. The number of nitrogens with two attached hydrogens (primary N) is 1. The third-order valence-electron chi connectivity index (χ3n) is 1.89.